The number of nitriles is 1. The molecule has 0 unspecified atom stereocenters. The Morgan fingerprint density at radius 1 is 1.19 bits per heavy atom. The van der Waals surface area contributed by atoms with E-state index in [9.17, 15) is 8.42 Å². The predicted octanol–water partition coefficient (Wildman–Crippen LogP) is 2.48. The van der Waals surface area contributed by atoms with Crippen LogP contribution in [0, 0.1) is 11.3 Å². The highest BCUT2D eigenvalue weighted by Gasteiger charge is 2.14. The summed E-state index contributed by atoms with van der Waals surface area (Å²) in [6, 6.07) is 14.2. The normalized spacial score (nSPS) is 10.9. The van der Waals surface area contributed by atoms with Gasteiger partial charge < -0.3 is 11.1 Å². The van der Waals surface area contributed by atoms with Gasteiger partial charge in [-0.3, -0.25) is 0 Å². The summed E-state index contributed by atoms with van der Waals surface area (Å²) in [7, 11) is -3.36. The molecule has 0 radical (unpaired) electrons. The first-order valence-corrected chi connectivity index (χ1v) is 8.12. The number of sulfone groups is 1. The van der Waals surface area contributed by atoms with E-state index in [-0.39, 0.29) is 10.6 Å². The Morgan fingerprint density at radius 2 is 1.86 bits per heavy atom. The van der Waals surface area contributed by atoms with E-state index in [1.54, 1.807) is 12.1 Å². The molecule has 0 heterocycles. The van der Waals surface area contributed by atoms with Crippen molar-refractivity contribution in [2.45, 2.75) is 11.3 Å². The van der Waals surface area contributed by atoms with Crippen molar-refractivity contribution in [2.24, 2.45) is 0 Å². The van der Waals surface area contributed by atoms with Gasteiger partial charge in [0.15, 0.2) is 9.84 Å². The smallest absolute Gasteiger partial charge is 0.177 e. The van der Waals surface area contributed by atoms with Crippen molar-refractivity contribution < 1.29 is 8.42 Å². The Morgan fingerprint density at radius 3 is 2.43 bits per heavy atom. The number of nitrogen functional groups attached to an aromatic ring is 1. The molecule has 2 rings (SSSR count). The summed E-state index contributed by atoms with van der Waals surface area (Å²) in [6.07, 6.45) is 1.48. The fourth-order valence-corrected chi connectivity index (χ4v) is 2.76. The van der Waals surface area contributed by atoms with Crippen molar-refractivity contribution in [3.8, 4) is 6.07 Å². The molecular weight excluding hydrogens is 286 g/mol. The highest BCUT2D eigenvalue weighted by atomic mass is 32.2. The molecule has 0 amide bonds. The van der Waals surface area contributed by atoms with Crippen LogP contribution in [0.5, 0.6) is 0 Å². The topological polar surface area (TPSA) is 96.0 Å². The lowest BCUT2D eigenvalue weighted by Crippen LogP contribution is -2.05. The van der Waals surface area contributed by atoms with Gasteiger partial charge in [0.2, 0.25) is 0 Å². The summed E-state index contributed by atoms with van der Waals surface area (Å²) in [5.74, 6) is 0. The zero-order chi connectivity index (χ0) is 15.5. The summed E-state index contributed by atoms with van der Waals surface area (Å²) in [5.41, 5.74) is 8.33. The van der Waals surface area contributed by atoms with Gasteiger partial charge in [-0.25, -0.2) is 8.42 Å². The zero-order valence-electron chi connectivity index (χ0n) is 11.5. The molecule has 108 valence electrons. The Bertz CT molecular complexity index is 791. The molecule has 2 aromatic rings. The van der Waals surface area contributed by atoms with Crippen molar-refractivity contribution in [1.82, 2.24) is 0 Å². The van der Waals surface area contributed by atoms with E-state index in [0.717, 1.165) is 17.5 Å². The largest absolute Gasteiger partial charge is 0.396 e. The molecule has 21 heavy (non-hydrogen) atoms. The van der Waals surface area contributed by atoms with E-state index in [1.807, 2.05) is 24.3 Å². The van der Waals surface area contributed by atoms with Gasteiger partial charge >= 0.3 is 0 Å². The molecule has 0 aliphatic heterocycles. The molecule has 0 aliphatic carbocycles. The molecule has 0 fully saturated rings. The van der Waals surface area contributed by atoms with Crippen LogP contribution in [0.4, 0.5) is 17.1 Å². The number of benzene rings is 2. The number of rotatable bonds is 4. The minimum Gasteiger partial charge on any atom is -0.396 e. The second-order valence-electron chi connectivity index (χ2n) is 4.65. The predicted molar refractivity (Wildman–Crippen MR) is 83.0 cm³/mol. The number of hydrogen-bond acceptors (Lipinski definition) is 5. The Balaban J connectivity index is 2.30. The first-order chi connectivity index (χ1) is 9.91. The van der Waals surface area contributed by atoms with Crippen LogP contribution in [0.1, 0.15) is 5.56 Å². The fraction of sp³-hybridized carbons (Fsp3) is 0.133. The maximum Gasteiger partial charge on any atom is 0.177 e. The monoisotopic (exact) mass is 301 g/mol. The van der Waals surface area contributed by atoms with Crippen LogP contribution in [0.15, 0.2) is 47.4 Å². The lowest BCUT2D eigenvalue weighted by molar-refractivity contribution is 0.602. The quantitative estimate of drug-likeness (QED) is 0.846. The summed E-state index contributed by atoms with van der Waals surface area (Å²) in [6.45, 7) is 0. The van der Waals surface area contributed by atoms with E-state index in [1.165, 1.54) is 6.07 Å². The van der Waals surface area contributed by atoms with Gasteiger partial charge in [0.25, 0.3) is 0 Å². The summed E-state index contributed by atoms with van der Waals surface area (Å²) < 4.78 is 23.3. The third-order valence-electron chi connectivity index (χ3n) is 2.98. The van der Waals surface area contributed by atoms with Gasteiger partial charge in [0.1, 0.15) is 0 Å². The van der Waals surface area contributed by atoms with E-state index >= 15 is 0 Å². The van der Waals surface area contributed by atoms with E-state index < -0.39 is 9.84 Å². The molecule has 0 saturated heterocycles. The van der Waals surface area contributed by atoms with E-state index in [0.29, 0.717) is 12.1 Å². The maximum absolute atomic E-state index is 11.6. The molecule has 0 saturated carbocycles. The van der Waals surface area contributed by atoms with Crippen molar-refractivity contribution in [3.63, 3.8) is 0 Å². The minimum atomic E-state index is -3.36. The van der Waals surface area contributed by atoms with Gasteiger partial charge in [-0.2, -0.15) is 5.26 Å². The van der Waals surface area contributed by atoms with Gasteiger partial charge in [-0.1, -0.05) is 18.2 Å². The number of para-hydroxylation sites is 1. The van der Waals surface area contributed by atoms with Crippen molar-refractivity contribution >= 4 is 26.9 Å². The molecule has 6 heteroatoms. The lowest BCUT2D eigenvalue weighted by Gasteiger charge is -2.12. The first kappa shape index (κ1) is 14.9. The molecule has 3 N–H and O–H groups in total. The van der Waals surface area contributed by atoms with Crippen LogP contribution in [-0.2, 0) is 16.3 Å². The first-order valence-electron chi connectivity index (χ1n) is 6.23. The highest BCUT2D eigenvalue weighted by Crippen LogP contribution is 2.29. The summed E-state index contributed by atoms with van der Waals surface area (Å²) in [4.78, 5) is 0.105. The number of anilines is 3. The van der Waals surface area contributed by atoms with E-state index in [4.69, 9.17) is 11.0 Å². The van der Waals surface area contributed by atoms with Crippen LogP contribution in [0.3, 0.4) is 0 Å². The molecule has 2 aromatic carbocycles. The average Bonchev–Trinajstić information content (AvgIpc) is 2.42. The molecular formula is C15H15N3O2S. The van der Waals surface area contributed by atoms with Gasteiger partial charge in [-0.15, -0.1) is 0 Å². The summed E-state index contributed by atoms with van der Waals surface area (Å²) in [5, 5.41) is 11.7. The van der Waals surface area contributed by atoms with Crippen LogP contribution in [0.25, 0.3) is 0 Å². The molecule has 5 nitrogen and oxygen atoms in total. The van der Waals surface area contributed by atoms with Crippen molar-refractivity contribution in [2.75, 3.05) is 17.3 Å². The zero-order valence-corrected chi connectivity index (χ0v) is 12.3. The number of hydrogen-bond donors (Lipinski definition) is 2. The summed E-state index contributed by atoms with van der Waals surface area (Å²) >= 11 is 0. The van der Waals surface area contributed by atoms with Crippen LogP contribution < -0.4 is 11.1 Å². The highest BCUT2D eigenvalue weighted by molar-refractivity contribution is 7.90. The SMILES string of the molecule is CS(=O)(=O)c1cccc(Nc2ccc(CC#N)cc2)c1N. The van der Waals surface area contributed by atoms with Gasteiger partial charge in [-0.05, 0) is 29.8 Å². The second kappa shape index (κ2) is 5.85. The molecule has 0 atom stereocenters. The maximum atomic E-state index is 11.6. The molecule has 0 aliphatic rings. The van der Waals surface area contributed by atoms with Crippen molar-refractivity contribution in [1.29, 1.82) is 5.26 Å². The standard InChI is InChI=1S/C15H15N3O2S/c1-21(19,20)14-4-2-3-13(15(14)17)18-12-7-5-11(6-8-12)9-10-16/h2-8,18H,9,17H2,1H3. The van der Waals surface area contributed by atoms with Crippen LogP contribution >= 0.6 is 0 Å². The third-order valence-corrected chi connectivity index (χ3v) is 4.14. The van der Waals surface area contributed by atoms with Gasteiger partial charge in [0.05, 0.1) is 28.8 Å². The van der Waals surface area contributed by atoms with Crippen LogP contribution in [0.2, 0.25) is 0 Å². The van der Waals surface area contributed by atoms with Crippen molar-refractivity contribution in [3.05, 3.63) is 48.0 Å². The minimum absolute atomic E-state index is 0.105. The average molecular weight is 301 g/mol. The molecule has 0 aromatic heterocycles. The lowest BCUT2D eigenvalue weighted by atomic mass is 10.1. The van der Waals surface area contributed by atoms with Crippen LogP contribution in [-0.4, -0.2) is 14.7 Å². The van der Waals surface area contributed by atoms with Gasteiger partial charge in [0, 0.05) is 11.9 Å². The number of nitrogens with zero attached hydrogens (tertiary/aromatic N) is 1. The van der Waals surface area contributed by atoms with E-state index in [2.05, 4.69) is 11.4 Å². The number of nitrogens with two attached hydrogens (primary N) is 1. The third kappa shape index (κ3) is 3.52. The Hall–Kier alpha value is -2.52. The Kier molecular flexibility index (Phi) is 4.15. The molecule has 0 spiro atoms. The molecule has 0 bridgehead atoms. The Labute approximate surface area is 123 Å². The number of nitrogens with one attached hydrogen (secondary N) is 1. The second-order valence-corrected chi connectivity index (χ2v) is 6.63. The fourth-order valence-electron chi connectivity index (χ4n) is 1.93.